The Kier molecular flexibility index (Phi) is 5.09. The fourth-order valence-corrected chi connectivity index (χ4v) is 2.31. The molecule has 1 aliphatic heterocycles. The van der Waals surface area contributed by atoms with Gasteiger partial charge in [-0.2, -0.15) is 0 Å². The van der Waals surface area contributed by atoms with Crippen LogP contribution in [-0.4, -0.2) is 29.4 Å². The van der Waals surface area contributed by atoms with Gasteiger partial charge in [0.2, 0.25) is 5.91 Å². The standard InChI is InChI=1S/C12H24N2O/c1-3-7-10-8-5-6-9-14(10)12(15)11(13)4-2/h10-11H,3-9,13H2,1-2H3. The molecule has 1 heterocycles. The van der Waals surface area contributed by atoms with Crippen LogP contribution >= 0.6 is 0 Å². The highest BCUT2D eigenvalue weighted by Crippen LogP contribution is 2.21. The zero-order chi connectivity index (χ0) is 11.3. The van der Waals surface area contributed by atoms with Crippen molar-refractivity contribution >= 4 is 5.91 Å². The number of hydrogen-bond donors (Lipinski definition) is 1. The van der Waals surface area contributed by atoms with E-state index in [2.05, 4.69) is 6.92 Å². The molecule has 2 atom stereocenters. The first-order valence-electron chi connectivity index (χ1n) is 6.26. The summed E-state index contributed by atoms with van der Waals surface area (Å²) in [6.07, 6.45) is 6.58. The van der Waals surface area contributed by atoms with Gasteiger partial charge in [0, 0.05) is 12.6 Å². The number of hydrogen-bond acceptors (Lipinski definition) is 2. The molecule has 1 fully saturated rings. The van der Waals surface area contributed by atoms with Gasteiger partial charge >= 0.3 is 0 Å². The second kappa shape index (κ2) is 6.11. The van der Waals surface area contributed by atoms with E-state index in [9.17, 15) is 4.79 Å². The van der Waals surface area contributed by atoms with Crippen LogP contribution in [0.15, 0.2) is 0 Å². The Bertz CT molecular complexity index is 204. The molecule has 3 heteroatoms. The van der Waals surface area contributed by atoms with E-state index >= 15 is 0 Å². The van der Waals surface area contributed by atoms with Crippen LogP contribution in [0.4, 0.5) is 0 Å². The molecule has 88 valence electrons. The Morgan fingerprint density at radius 2 is 2.20 bits per heavy atom. The highest BCUT2D eigenvalue weighted by atomic mass is 16.2. The smallest absolute Gasteiger partial charge is 0.239 e. The van der Waals surface area contributed by atoms with E-state index in [0.717, 1.165) is 38.6 Å². The summed E-state index contributed by atoms with van der Waals surface area (Å²) in [4.78, 5) is 14.0. The molecule has 0 aliphatic carbocycles. The van der Waals surface area contributed by atoms with Gasteiger partial charge in [-0.15, -0.1) is 0 Å². The summed E-state index contributed by atoms with van der Waals surface area (Å²) in [5, 5.41) is 0. The zero-order valence-corrected chi connectivity index (χ0v) is 10.0. The van der Waals surface area contributed by atoms with Crippen LogP contribution in [0, 0.1) is 0 Å². The van der Waals surface area contributed by atoms with Crippen LogP contribution < -0.4 is 5.73 Å². The maximum atomic E-state index is 12.0. The predicted octanol–water partition coefficient (Wildman–Crippen LogP) is 1.90. The lowest BCUT2D eigenvalue weighted by atomic mass is 9.97. The number of likely N-dealkylation sites (tertiary alicyclic amines) is 1. The SMILES string of the molecule is CCCC1CCCCN1C(=O)C(N)CC. The number of amides is 1. The van der Waals surface area contributed by atoms with Gasteiger partial charge < -0.3 is 10.6 Å². The lowest BCUT2D eigenvalue weighted by Crippen LogP contribution is -2.50. The molecule has 0 saturated carbocycles. The van der Waals surface area contributed by atoms with Gasteiger partial charge in [0.15, 0.2) is 0 Å². The Balaban J connectivity index is 2.58. The Morgan fingerprint density at radius 1 is 1.47 bits per heavy atom. The molecule has 0 aromatic heterocycles. The van der Waals surface area contributed by atoms with Crippen molar-refractivity contribution in [3.8, 4) is 0 Å². The molecule has 1 saturated heterocycles. The highest BCUT2D eigenvalue weighted by molar-refractivity contribution is 5.81. The minimum atomic E-state index is -0.289. The molecule has 0 radical (unpaired) electrons. The monoisotopic (exact) mass is 212 g/mol. The average molecular weight is 212 g/mol. The van der Waals surface area contributed by atoms with Crippen molar-refractivity contribution in [2.45, 2.75) is 64.5 Å². The fraction of sp³-hybridized carbons (Fsp3) is 0.917. The summed E-state index contributed by atoms with van der Waals surface area (Å²) in [6.45, 7) is 5.07. The van der Waals surface area contributed by atoms with Crippen molar-refractivity contribution in [1.82, 2.24) is 4.90 Å². The number of rotatable bonds is 4. The molecule has 1 amide bonds. The summed E-state index contributed by atoms with van der Waals surface area (Å²) >= 11 is 0. The highest BCUT2D eigenvalue weighted by Gasteiger charge is 2.28. The maximum Gasteiger partial charge on any atom is 0.239 e. The van der Waals surface area contributed by atoms with Crippen molar-refractivity contribution in [3.63, 3.8) is 0 Å². The van der Waals surface area contributed by atoms with E-state index in [1.165, 1.54) is 6.42 Å². The average Bonchev–Trinajstić information content (AvgIpc) is 2.28. The number of nitrogens with zero attached hydrogens (tertiary/aromatic N) is 1. The topological polar surface area (TPSA) is 46.3 Å². The first-order chi connectivity index (χ1) is 7.20. The largest absolute Gasteiger partial charge is 0.338 e. The summed E-state index contributed by atoms with van der Waals surface area (Å²) < 4.78 is 0. The number of carbonyl (C=O) groups is 1. The maximum absolute atomic E-state index is 12.0. The molecule has 0 spiro atoms. The molecule has 15 heavy (non-hydrogen) atoms. The molecule has 1 aliphatic rings. The molecular weight excluding hydrogens is 188 g/mol. The molecular formula is C12H24N2O. The number of nitrogens with two attached hydrogens (primary N) is 1. The molecule has 0 aromatic carbocycles. The number of carbonyl (C=O) groups excluding carboxylic acids is 1. The normalized spacial score (nSPS) is 23.9. The van der Waals surface area contributed by atoms with Crippen molar-refractivity contribution in [2.75, 3.05) is 6.54 Å². The van der Waals surface area contributed by atoms with Gasteiger partial charge in [-0.25, -0.2) is 0 Å². The van der Waals surface area contributed by atoms with E-state index in [-0.39, 0.29) is 11.9 Å². The summed E-state index contributed by atoms with van der Waals surface area (Å²) in [7, 11) is 0. The lowest BCUT2D eigenvalue weighted by molar-refractivity contribution is -0.136. The van der Waals surface area contributed by atoms with E-state index in [1.807, 2.05) is 11.8 Å². The summed E-state index contributed by atoms with van der Waals surface area (Å²) in [5.41, 5.74) is 5.81. The van der Waals surface area contributed by atoms with Crippen molar-refractivity contribution in [2.24, 2.45) is 5.73 Å². The third-order valence-corrected chi connectivity index (χ3v) is 3.29. The van der Waals surface area contributed by atoms with Gasteiger partial charge in [-0.3, -0.25) is 4.79 Å². The molecule has 1 rings (SSSR count). The van der Waals surface area contributed by atoms with Crippen molar-refractivity contribution < 1.29 is 4.79 Å². The minimum absolute atomic E-state index is 0.163. The van der Waals surface area contributed by atoms with Crippen LogP contribution in [0.25, 0.3) is 0 Å². The van der Waals surface area contributed by atoms with Crippen LogP contribution in [0.1, 0.15) is 52.4 Å². The molecule has 0 bridgehead atoms. The number of piperidine rings is 1. The second-order valence-electron chi connectivity index (χ2n) is 4.48. The third kappa shape index (κ3) is 3.20. The molecule has 2 N–H and O–H groups in total. The molecule has 2 unspecified atom stereocenters. The summed E-state index contributed by atoms with van der Waals surface area (Å²) in [6, 6.07) is 0.163. The van der Waals surface area contributed by atoms with E-state index in [1.54, 1.807) is 0 Å². The quantitative estimate of drug-likeness (QED) is 0.773. The van der Waals surface area contributed by atoms with E-state index < -0.39 is 0 Å². The summed E-state index contributed by atoms with van der Waals surface area (Å²) in [5.74, 6) is 0.163. The van der Waals surface area contributed by atoms with Crippen LogP contribution in [0.5, 0.6) is 0 Å². The van der Waals surface area contributed by atoms with Crippen molar-refractivity contribution in [1.29, 1.82) is 0 Å². The Hall–Kier alpha value is -0.570. The zero-order valence-electron chi connectivity index (χ0n) is 10.0. The molecule has 3 nitrogen and oxygen atoms in total. The van der Waals surface area contributed by atoms with Gasteiger partial charge in [-0.05, 0) is 32.1 Å². The first-order valence-corrected chi connectivity index (χ1v) is 6.26. The predicted molar refractivity (Wildman–Crippen MR) is 62.5 cm³/mol. The minimum Gasteiger partial charge on any atom is -0.338 e. The van der Waals surface area contributed by atoms with Crippen molar-refractivity contribution in [3.05, 3.63) is 0 Å². The first kappa shape index (κ1) is 12.5. The van der Waals surface area contributed by atoms with Crippen LogP contribution in [-0.2, 0) is 4.79 Å². The van der Waals surface area contributed by atoms with Gasteiger partial charge in [0.05, 0.1) is 6.04 Å². The van der Waals surface area contributed by atoms with E-state index in [0.29, 0.717) is 6.04 Å². The van der Waals surface area contributed by atoms with Crippen LogP contribution in [0.3, 0.4) is 0 Å². The van der Waals surface area contributed by atoms with Gasteiger partial charge in [-0.1, -0.05) is 20.3 Å². The second-order valence-corrected chi connectivity index (χ2v) is 4.48. The van der Waals surface area contributed by atoms with Gasteiger partial charge in [0.1, 0.15) is 0 Å². The third-order valence-electron chi connectivity index (χ3n) is 3.29. The van der Waals surface area contributed by atoms with Gasteiger partial charge in [0.25, 0.3) is 0 Å². The Labute approximate surface area is 93.0 Å². The lowest BCUT2D eigenvalue weighted by Gasteiger charge is -2.37. The van der Waals surface area contributed by atoms with Crippen LogP contribution in [0.2, 0.25) is 0 Å². The fourth-order valence-electron chi connectivity index (χ4n) is 2.31. The Morgan fingerprint density at radius 3 is 2.80 bits per heavy atom. The van der Waals surface area contributed by atoms with E-state index in [4.69, 9.17) is 5.73 Å². The molecule has 0 aromatic rings.